The maximum Gasteiger partial charge on any atom is 0.262 e. The molecule has 0 saturated heterocycles. The van der Waals surface area contributed by atoms with Crippen molar-refractivity contribution < 1.29 is 13.2 Å². The molecule has 0 bridgehead atoms. The molecule has 0 aliphatic carbocycles. The second kappa shape index (κ2) is 4.50. The molecule has 2 aromatic heterocycles. The quantitative estimate of drug-likeness (QED) is 0.869. The van der Waals surface area contributed by atoms with Gasteiger partial charge >= 0.3 is 0 Å². The normalized spacial score (nSPS) is 12.4. The Balaban J connectivity index is 2.55. The molecule has 18 heavy (non-hydrogen) atoms. The van der Waals surface area contributed by atoms with E-state index in [0.717, 1.165) is 4.31 Å². The van der Waals surface area contributed by atoms with Crippen molar-refractivity contribution in [2.45, 2.75) is 5.03 Å². The molecule has 0 aliphatic heterocycles. The van der Waals surface area contributed by atoms with Crippen LogP contribution in [0.4, 0.5) is 0 Å². The maximum absolute atomic E-state index is 12.2. The number of carbonyl (C=O) groups excluding carboxylic acids is 1. The van der Waals surface area contributed by atoms with Crippen LogP contribution in [0.2, 0.25) is 5.15 Å². The van der Waals surface area contributed by atoms with Crippen LogP contribution in [-0.2, 0) is 14.8 Å². The third-order valence-corrected chi connectivity index (χ3v) is 5.17. The van der Waals surface area contributed by atoms with Crippen molar-refractivity contribution in [1.82, 2.24) is 13.7 Å². The van der Waals surface area contributed by atoms with Crippen LogP contribution in [0.1, 0.15) is 0 Å². The lowest BCUT2D eigenvalue weighted by molar-refractivity contribution is -0.118. The summed E-state index contributed by atoms with van der Waals surface area (Å²) in [6.45, 7) is -0.421. The molecular formula is C8H9ClN4O3S2. The van der Waals surface area contributed by atoms with Crippen LogP contribution in [0.3, 0.4) is 0 Å². The molecular weight excluding hydrogens is 300 g/mol. The van der Waals surface area contributed by atoms with E-state index in [1.165, 1.54) is 22.8 Å². The minimum atomic E-state index is -3.91. The first-order valence-electron chi connectivity index (χ1n) is 4.69. The number of imidazole rings is 1. The van der Waals surface area contributed by atoms with Gasteiger partial charge in [-0.05, 0) is 0 Å². The summed E-state index contributed by atoms with van der Waals surface area (Å²) in [6, 6.07) is 0. The largest absolute Gasteiger partial charge is 0.369 e. The van der Waals surface area contributed by atoms with Crippen LogP contribution in [-0.4, -0.2) is 41.6 Å². The highest BCUT2D eigenvalue weighted by molar-refractivity contribution is 7.89. The molecule has 10 heteroatoms. The summed E-state index contributed by atoms with van der Waals surface area (Å²) < 4.78 is 26.7. The second-order valence-corrected chi connectivity index (χ2v) is 6.68. The van der Waals surface area contributed by atoms with E-state index in [2.05, 4.69) is 4.98 Å². The highest BCUT2D eigenvalue weighted by atomic mass is 35.5. The molecule has 2 heterocycles. The molecule has 0 unspecified atom stereocenters. The molecule has 0 aromatic carbocycles. The molecule has 0 atom stereocenters. The highest BCUT2D eigenvalue weighted by Gasteiger charge is 2.29. The lowest BCUT2D eigenvalue weighted by Crippen LogP contribution is -2.35. The van der Waals surface area contributed by atoms with Crippen molar-refractivity contribution in [2.75, 3.05) is 13.6 Å². The number of aromatic nitrogens is 2. The van der Waals surface area contributed by atoms with Crippen LogP contribution in [0.15, 0.2) is 16.6 Å². The van der Waals surface area contributed by atoms with Crippen LogP contribution >= 0.6 is 22.9 Å². The van der Waals surface area contributed by atoms with E-state index in [9.17, 15) is 13.2 Å². The van der Waals surface area contributed by atoms with Gasteiger partial charge in [-0.2, -0.15) is 4.31 Å². The number of amides is 1. The Morgan fingerprint density at radius 1 is 1.67 bits per heavy atom. The molecule has 0 aliphatic rings. The van der Waals surface area contributed by atoms with Crippen molar-refractivity contribution in [3.8, 4) is 0 Å². The van der Waals surface area contributed by atoms with E-state index in [-0.39, 0.29) is 10.2 Å². The summed E-state index contributed by atoms with van der Waals surface area (Å²) in [5.74, 6) is -0.747. The average molecular weight is 309 g/mol. The molecule has 0 radical (unpaired) electrons. The fraction of sp³-hybridized carbons (Fsp3) is 0.250. The molecule has 0 spiro atoms. The Bertz CT molecular complexity index is 705. The van der Waals surface area contributed by atoms with Crippen LogP contribution in [0, 0.1) is 0 Å². The summed E-state index contributed by atoms with van der Waals surface area (Å²) in [4.78, 5) is 15.2. The van der Waals surface area contributed by atoms with E-state index in [1.807, 2.05) is 0 Å². The Kier molecular flexibility index (Phi) is 3.32. The van der Waals surface area contributed by atoms with Gasteiger partial charge in [0.15, 0.2) is 15.1 Å². The Hall–Kier alpha value is -1.16. The van der Waals surface area contributed by atoms with Gasteiger partial charge in [0, 0.05) is 18.6 Å². The number of primary amides is 1. The van der Waals surface area contributed by atoms with E-state index < -0.39 is 22.5 Å². The fourth-order valence-electron chi connectivity index (χ4n) is 1.42. The molecule has 2 N–H and O–H groups in total. The molecule has 98 valence electrons. The van der Waals surface area contributed by atoms with Crippen LogP contribution in [0.25, 0.3) is 4.96 Å². The third-order valence-electron chi connectivity index (χ3n) is 2.21. The summed E-state index contributed by atoms with van der Waals surface area (Å²) in [5, 5.41) is 1.40. The molecule has 7 nitrogen and oxygen atoms in total. The topological polar surface area (TPSA) is 97.8 Å². The minimum absolute atomic E-state index is 0.127. The number of carbonyl (C=O) groups is 1. The summed E-state index contributed by atoms with van der Waals surface area (Å²) in [6.07, 6.45) is 1.55. The van der Waals surface area contributed by atoms with E-state index in [1.54, 1.807) is 11.6 Å². The van der Waals surface area contributed by atoms with Crippen molar-refractivity contribution in [1.29, 1.82) is 0 Å². The molecule has 0 saturated carbocycles. The number of sulfonamides is 1. The van der Waals surface area contributed by atoms with Gasteiger partial charge in [-0.15, -0.1) is 11.3 Å². The van der Waals surface area contributed by atoms with E-state index in [4.69, 9.17) is 17.3 Å². The van der Waals surface area contributed by atoms with Crippen LogP contribution in [0.5, 0.6) is 0 Å². The van der Waals surface area contributed by atoms with E-state index in [0.29, 0.717) is 4.96 Å². The zero-order valence-corrected chi connectivity index (χ0v) is 11.6. The lowest BCUT2D eigenvalue weighted by atomic mass is 10.6. The summed E-state index contributed by atoms with van der Waals surface area (Å²) in [7, 11) is -2.66. The Morgan fingerprint density at radius 2 is 2.33 bits per heavy atom. The SMILES string of the molecule is CN(CC(N)=O)S(=O)(=O)c1c(Cl)nc2sccn12. The predicted octanol–water partition coefficient (Wildman–Crippen LogP) is 0.155. The first kappa shape index (κ1) is 13.3. The number of hydrogen-bond donors (Lipinski definition) is 1. The number of hydrogen-bond acceptors (Lipinski definition) is 5. The molecule has 0 fully saturated rings. The second-order valence-electron chi connectivity index (χ2n) is 3.49. The highest BCUT2D eigenvalue weighted by Crippen LogP contribution is 2.27. The number of likely N-dealkylation sites (N-methyl/N-ethyl adjacent to an activating group) is 1. The van der Waals surface area contributed by atoms with Gasteiger partial charge in [0.1, 0.15) is 0 Å². The number of thiazole rings is 1. The fourth-order valence-corrected chi connectivity index (χ4v) is 3.95. The zero-order valence-electron chi connectivity index (χ0n) is 9.20. The lowest BCUT2D eigenvalue weighted by Gasteiger charge is -2.14. The standard InChI is InChI=1S/C8H9ClN4O3S2/c1-12(4-5(10)14)18(15,16)7-6(9)11-8-13(7)2-3-17-8/h2-3H,4H2,1H3,(H2,10,14). The van der Waals surface area contributed by atoms with Gasteiger partial charge in [-0.3, -0.25) is 9.20 Å². The van der Waals surface area contributed by atoms with Crippen molar-refractivity contribution >= 4 is 43.8 Å². The van der Waals surface area contributed by atoms with Gasteiger partial charge in [-0.25, -0.2) is 13.4 Å². The van der Waals surface area contributed by atoms with Crippen molar-refractivity contribution in [2.24, 2.45) is 5.73 Å². The monoisotopic (exact) mass is 308 g/mol. The van der Waals surface area contributed by atoms with Gasteiger partial charge in [0.25, 0.3) is 10.0 Å². The Labute approximate surface area is 112 Å². The van der Waals surface area contributed by atoms with E-state index >= 15 is 0 Å². The first-order valence-corrected chi connectivity index (χ1v) is 7.39. The smallest absolute Gasteiger partial charge is 0.262 e. The Morgan fingerprint density at radius 3 is 2.94 bits per heavy atom. The minimum Gasteiger partial charge on any atom is -0.369 e. The summed E-state index contributed by atoms with van der Waals surface area (Å²) in [5.41, 5.74) is 4.98. The van der Waals surface area contributed by atoms with Gasteiger partial charge < -0.3 is 5.73 Å². The number of fused-ring (bicyclic) bond motifs is 1. The number of nitrogens with two attached hydrogens (primary N) is 1. The van der Waals surface area contributed by atoms with Crippen molar-refractivity contribution in [3.63, 3.8) is 0 Å². The first-order chi connectivity index (χ1) is 8.34. The van der Waals surface area contributed by atoms with Crippen molar-refractivity contribution in [3.05, 3.63) is 16.7 Å². The number of rotatable bonds is 4. The molecule has 2 aromatic rings. The van der Waals surface area contributed by atoms with Crippen LogP contribution < -0.4 is 5.73 Å². The van der Waals surface area contributed by atoms with Gasteiger partial charge in [0.05, 0.1) is 6.54 Å². The summed E-state index contributed by atoms with van der Waals surface area (Å²) >= 11 is 7.08. The molecule has 1 amide bonds. The zero-order chi connectivity index (χ0) is 13.5. The third kappa shape index (κ3) is 2.09. The number of nitrogens with zero attached hydrogens (tertiary/aromatic N) is 3. The number of halogens is 1. The maximum atomic E-state index is 12.2. The molecule has 2 rings (SSSR count). The van der Waals surface area contributed by atoms with Gasteiger partial charge in [-0.1, -0.05) is 11.6 Å². The van der Waals surface area contributed by atoms with Gasteiger partial charge in [0.2, 0.25) is 5.91 Å². The predicted molar refractivity (Wildman–Crippen MR) is 67.1 cm³/mol. The average Bonchev–Trinajstić information content (AvgIpc) is 2.74.